The van der Waals surface area contributed by atoms with E-state index in [2.05, 4.69) is 15.6 Å². The number of hydrogen-bond acceptors (Lipinski definition) is 8. The van der Waals surface area contributed by atoms with Crippen LogP contribution in [0.2, 0.25) is 5.02 Å². The summed E-state index contributed by atoms with van der Waals surface area (Å²) in [5, 5.41) is 26.0. The van der Waals surface area contributed by atoms with Gasteiger partial charge in [-0.25, -0.2) is 14.2 Å². The molecule has 1 heterocycles. The molecule has 194 valence electrons. The number of benzene rings is 2. The third-order valence-electron chi connectivity index (χ3n) is 5.38. The van der Waals surface area contributed by atoms with Gasteiger partial charge in [-0.05, 0) is 45.9 Å². The molecule has 0 bridgehead atoms. The van der Waals surface area contributed by atoms with Crippen molar-refractivity contribution in [3.05, 3.63) is 62.4 Å². The van der Waals surface area contributed by atoms with E-state index in [1.165, 1.54) is 38.2 Å². The predicted octanol–water partition coefficient (Wildman–Crippen LogP) is 4.96. The number of nitrogens with zero attached hydrogens (tertiary/aromatic N) is 4. The number of nitro benzene ring substituents is 1. The van der Waals surface area contributed by atoms with Crippen LogP contribution in [0.1, 0.15) is 45.2 Å². The molecule has 2 N–H and O–H groups in total. The summed E-state index contributed by atoms with van der Waals surface area (Å²) in [6.07, 6.45) is -1.06. The van der Waals surface area contributed by atoms with Crippen LogP contribution in [-0.2, 0) is 15.1 Å². The van der Waals surface area contributed by atoms with Crippen molar-refractivity contribution in [2.75, 3.05) is 12.4 Å². The Kier molecular flexibility index (Phi) is 7.41. The first-order valence-electron chi connectivity index (χ1n) is 11.0. The number of amides is 2. The van der Waals surface area contributed by atoms with Crippen molar-refractivity contribution >= 4 is 46.6 Å². The SMILES string of the molecule is CN1C(=O)C[C@@](C)(c2cccc(Nc3cc(Cl)cc(C#N)c3[N+](=O)[O-])c2F)N=C1NC(=O)OC(C)(C)C. The van der Waals surface area contributed by atoms with E-state index in [0.29, 0.717) is 0 Å². The first-order valence-corrected chi connectivity index (χ1v) is 11.3. The summed E-state index contributed by atoms with van der Waals surface area (Å²) in [6, 6.07) is 8.27. The zero-order valence-corrected chi connectivity index (χ0v) is 21.4. The number of aliphatic imine (C=N–C) groups is 1. The molecule has 1 aliphatic rings. The minimum absolute atomic E-state index is 0.00683. The van der Waals surface area contributed by atoms with E-state index in [4.69, 9.17) is 16.3 Å². The number of ether oxygens (including phenoxy) is 1. The molecule has 1 aliphatic heterocycles. The van der Waals surface area contributed by atoms with Crippen LogP contribution in [0.5, 0.6) is 0 Å². The standard InChI is InChI=1S/C24H24ClFN6O5/c1-23(2,3)37-22(34)29-21-30-24(4,11-18(33)31(21)5)15-7-6-8-16(19(15)26)28-17-10-14(25)9-13(12-27)20(17)32(35)36/h6-10,28H,11H2,1-5H3,(H,29,30,34)/t24-/m0/s1. The Hall–Kier alpha value is -4.24. The highest BCUT2D eigenvalue weighted by Crippen LogP contribution is 2.39. The van der Waals surface area contributed by atoms with Gasteiger partial charge < -0.3 is 10.1 Å². The highest BCUT2D eigenvalue weighted by atomic mass is 35.5. The van der Waals surface area contributed by atoms with Crippen molar-refractivity contribution in [3.8, 4) is 6.07 Å². The van der Waals surface area contributed by atoms with Gasteiger partial charge in [-0.3, -0.25) is 25.1 Å². The maximum atomic E-state index is 15.8. The number of alkyl carbamates (subject to hydrolysis) is 1. The van der Waals surface area contributed by atoms with Gasteiger partial charge in [0.1, 0.15) is 22.9 Å². The molecule has 0 fully saturated rings. The third kappa shape index (κ3) is 5.95. The molecule has 0 spiro atoms. The Balaban J connectivity index is 2.05. The van der Waals surface area contributed by atoms with E-state index in [-0.39, 0.29) is 39.9 Å². The number of rotatable bonds is 4. The van der Waals surface area contributed by atoms with Crippen LogP contribution in [-0.4, -0.2) is 40.4 Å². The lowest BCUT2D eigenvalue weighted by Gasteiger charge is -2.35. The minimum atomic E-state index is -1.44. The molecule has 2 aromatic rings. The lowest BCUT2D eigenvalue weighted by Crippen LogP contribution is -2.52. The number of anilines is 2. The van der Waals surface area contributed by atoms with Gasteiger partial charge in [-0.2, -0.15) is 5.26 Å². The van der Waals surface area contributed by atoms with Crippen molar-refractivity contribution in [2.45, 2.75) is 45.3 Å². The number of nitrogens with one attached hydrogen (secondary N) is 2. The molecule has 37 heavy (non-hydrogen) atoms. The van der Waals surface area contributed by atoms with Gasteiger partial charge in [0.05, 0.1) is 22.6 Å². The van der Waals surface area contributed by atoms with Crippen LogP contribution in [0.25, 0.3) is 0 Å². The molecule has 0 saturated heterocycles. The van der Waals surface area contributed by atoms with E-state index in [0.717, 1.165) is 11.0 Å². The number of guanidine groups is 1. The molecule has 0 saturated carbocycles. The molecule has 2 amide bonds. The van der Waals surface area contributed by atoms with Gasteiger partial charge in [0.15, 0.2) is 5.82 Å². The van der Waals surface area contributed by atoms with Crippen LogP contribution in [0, 0.1) is 27.3 Å². The molecule has 0 unspecified atom stereocenters. The van der Waals surface area contributed by atoms with Crippen molar-refractivity contribution in [1.29, 1.82) is 5.26 Å². The molecule has 2 aromatic carbocycles. The topological polar surface area (TPSA) is 150 Å². The zero-order valence-electron chi connectivity index (χ0n) is 20.7. The van der Waals surface area contributed by atoms with Crippen molar-refractivity contribution in [1.82, 2.24) is 10.2 Å². The number of carbonyl (C=O) groups excluding carboxylic acids is 2. The monoisotopic (exact) mass is 530 g/mol. The highest BCUT2D eigenvalue weighted by molar-refractivity contribution is 6.31. The highest BCUT2D eigenvalue weighted by Gasteiger charge is 2.40. The number of hydrogen-bond donors (Lipinski definition) is 2. The summed E-state index contributed by atoms with van der Waals surface area (Å²) < 4.78 is 21.0. The predicted molar refractivity (Wildman–Crippen MR) is 134 cm³/mol. The van der Waals surface area contributed by atoms with Gasteiger partial charge in [-0.1, -0.05) is 23.7 Å². The average molecular weight is 531 g/mol. The minimum Gasteiger partial charge on any atom is -0.444 e. The summed E-state index contributed by atoms with van der Waals surface area (Å²) in [7, 11) is 1.41. The van der Waals surface area contributed by atoms with Crippen molar-refractivity contribution in [3.63, 3.8) is 0 Å². The largest absolute Gasteiger partial charge is 0.444 e. The first kappa shape index (κ1) is 27.3. The fourth-order valence-electron chi connectivity index (χ4n) is 3.71. The second kappa shape index (κ2) is 10.0. The van der Waals surface area contributed by atoms with Gasteiger partial charge in [-0.15, -0.1) is 0 Å². The van der Waals surface area contributed by atoms with Gasteiger partial charge >= 0.3 is 11.8 Å². The van der Waals surface area contributed by atoms with Gasteiger partial charge in [0.25, 0.3) is 0 Å². The number of nitro groups is 1. The van der Waals surface area contributed by atoms with Crippen LogP contribution in [0.4, 0.5) is 26.2 Å². The maximum Gasteiger partial charge on any atom is 0.414 e. The molecular formula is C24H24ClFN6O5. The molecule has 3 rings (SSSR count). The quantitative estimate of drug-likeness (QED) is 0.419. The Morgan fingerprint density at radius 1 is 1.35 bits per heavy atom. The lowest BCUT2D eigenvalue weighted by molar-refractivity contribution is -0.384. The molecule has 0 radical (unpaired) electrons. The second-order valence-corrected chi connectivity index (χ2v) is 9.91. The molecule has 11 nitrogen and oxygen atoms in total. The van der Waals surface area contributed by atoms with Crippen molar-refractivity contribution in [2.24, 2.45) is 4.99 Å². The Morgan fingerprint density at radius 3 is 2.62 bits per heavy atom. The van der Waals surface area contributed by atoms with Crippen molar-refractivity contribution < 1.29 is 23.6 Å². The second-order valence-electron chi connectivity index (χ2n) is 9.48. The van der Waals surface area contributed by atoms with E-state index < -0.39 is 39.6 Å². The van der Waals surface area contributed by atoms with Crippen LogP contribution < -0.4 is 10.6 Å². The van der Waals surface area contributed by atoms with E-state index in [1.54, 1.807) is 26.8 Å². The number of nitriles is 1. The average Bonchev–Trinajstić information content (AvgIpc) is 2.76. The fraction of sp³-hybridized carbons (Fsp3) is 0.333. The summed E-state index contributed by atoms with van der Waals surface area (Å²) in [5.41, 5.74) is -3.47. The zero-order chi connectivity index (χ0) is 27.7. The molecule has 1 atom stereocenters. The number of carbonyl (C=O) groups is 2. The van der Waals surface area contributed by atoms with Gasteiger partial charge in [0, 0.05) is 17.6 Å². The van der Waals surface area contributed by atoms with Crippen LogP contribution >= 0.6 is 11.6 Å². The normalized spacial score (nSPS) is 17.5. The molecule has 0 aromatic heterocycles. The third-order valence-corrected chi connectivity index (χ3v) is 5.60. The number of halogens is 2. The smallest absolute Gasteiger partial charge is 0.414 e. The van der Waals surface area contributed by atoms with E-state index in [1.807, 2.05) is 0 Å². The lowest BCUT2D eigenvalue weighted by atomic mass is 9.87. The molecule has 13 heteroatoms. The molecule has 0 aliphatic carbocycles. The first-order chi connectivity index (χ1) is 17.1. The van der Waals surface area contributed by atoms with E-state index >= 15 is 4.39 Å². The van der Waals surface area contributed by atoms with E-state index in [9.17, 15) is 25.0 Å². The fourth-order valence-corrected chi connectivity index (χ4v) is 3.93. The molecular weight excluding hydrogens is 507 g/mol. The van der Waals surface area contributed by atoms with Crippen LogP contribution in [0.15, 0.2) is 35.3 Å². The Bertz CT molecular complexity index is 1370. The summed E-state index contributed by atoms with van der Waals surface area (Å²) in [5.74, 6) is -1.41. The summed E-state index contributed by atoms with van der Waals surface area (Å²) >= 11 is 6.00. The Morgan fingerprint density at radius 2 is 2.03 bits per heavy atom. The maximum absolute atomic E-state index is 15.8. The summed E-state index contributed by atoms with van der Waals surface area (Å²) in [4.78, 5) is 41.5. The Labute approximate surface area is 217 Å². The summed E-state index contributed by atoms with van der Waals surface area (Å²) in [6.45, 7) is 6.54. The van der Waals surface area contributed by atoms with Gasteiger partial charge in [0.2, 0.25) is 11.9 Å². The van der Waals surface area contributed by atoms with Crippen LogP contribution in [0.3, 0.4) is 0 Å².